The van der Waals surface area contributed by atoms with Crippen LogP contribution in [0.15, 0.2) is 79.1 Å². The van der Waals surface area contributed by atoms with E-state index < -0.39 is 5.41 Å². The van der Waals surface area contributed by atoms with Crippen molar-refractivity contribution in [3.05, 3.63) is 90.3 Å². The Balaban J connectivity index is 1.59. The first-order chi connectivity index (χ1) is 16.0. The first kappa shape index (κ1) is 22.7. The van der Waals surface area contributed by atoms with E-state index in [1.807, 2.05) is 36.9 Å². The molecule has 0 aliphatic carbocycles. The van der Waals surface area contributed by atoms with Crippen molar-refractivity contribution >= 4 is 11.8 Å². The van der Waals surface area contributed by atoms with E-state index in [-0.39, 0.29) is 17.9 Å². The Hall–Kier alpha value is -3.47. The van der Waals surface area contributed by atoms with E-state index >= 15 is 0 Å². The second-order valence-electron chi connectivity index (χ2n) is 9.22. The van der Waals surface area contributed by atoms with Crippen LogP contribution in [0.25, 0.3) is 11.1 Å². The van der Waals surface area contributed by atoms with Gasteiger partial charge >= 0.3 is 0 Å². The molecule has 1 N–H and O–H groups in total. The summed E-state index contributed by atoms with van der Waals surface area (Å²) in [6, 6.07) is 22.3. The van der Waals surface area contributed by atoms with Crippen molar-refractivity contribution < 1.29 is 9.59 Å². The lowest BCUT2D eigenvalue weighted by Gasteiger charge is -2.42. The minimum Gasteiger partial charge on any atom is -0.353 e. The first-order valence-corrected chi connectivity index (χ1v) is 11.6. The maximum atomic E-state index is 13.5. The zero-order chi connectivity index (χ0) is 23.3. The molecule has 1 fully saturated rings. The third-order valence-electron chi connectivity index (χ3n) is 6.28. The molecule has 1 saturated heterocycles. The maximum Gasteiger partial charge on any atom is 0.255 e. The van der Waals surface area contributed by atoms with Crippen molar-refractivity contribution in [3.8, 4) is 11.1 Å². The largest absolute Gasteiger partial charge is 0.353 e. The monoisotopic (exact) mass is 441 g/mol. The number of carbonyl (C=O) groups is 2. The minimum atomic E-state index is -0.658. The number of nitrogens with one attached hydrogen (secondary N) is 1. The van der Waals surface area contributed by atoms with Crippen molar-refractivity contribution in [2.45, 2.75) is 39.2 Å². The third kappa shape index (κ3) is 5.30. The lowest BCUT2D eigenvalue weighted by atomic mass is 9.73. The van der Waals surface area contributed by atoms with Crippen molar-refractivity contribution in [1.82, 2.24) is 15.2 Å². The zero-order valence-electron chi connectivity index (χ0n) is 19.3. The fraction of sp³-hybridized carbons (Fsp3) is 0.321. The first-order valence-electron chi connectivity index (χ1n) is 11.6. The number of piperidine rings is 1. The molecule has 2 aromatic carbocycles. The summed E-state index contributed by atoms with van der Waals surface area (Å²) >= 11 is 0. The highest BCUT2D eigenvalue weighted by Gasteiger charge is 2.43. The number of hydrogen-bond donors (Lipinski definition) is 1. The summed E-state index contributed by atoms with van der Waals surface area (Å²) < 4.78 is 0. The second kappa shape index (κ2) is 9.99. The second-order valence-corrected chi connectivity index (χ2v) is 9.22. The summed E-state index contributed by atoms with van der Waals surface area (Å²) in [4.78, 5) is 32.5. The van der Waals surface area contributed by atoms with E-state index in [0.717, 1.165) is 24.0 Å². The summed E-state index contributed by atoms with van der Waals surface area (Å²) in [7, 11) is 0. The molecule has 2 amide bonds. The fourth-order valence-corrected chi connectivity index (χ4v) is 4.64. The molecule has 0 radical (unpaired) electrons. The lowest BCUT2D eigenvalue weighted by Crippen LogP contribution is -2.55. The number of carbonyl (C=O) groups excluding carboxylic acids is 2. The summed E-state index contributed by atoms with van der Waals surface area (Å²) in [5.74, 6) is -0.0442. The molecular weight excluding hydrogens is 410 g/mol. The predicted octanol–water partition coefficient (Wildman–Crippen LogP) is 4.74. The zero-order valence-corrected chi connectivity index (χ0v) is 19.3. The van der Waals surface area contributed by atoms with Crippen LogP contribution in [0.3, 0.4) is 0 Å². The average molecular weight is 442 g/mol. The predicted molar refractivity (Wildman–Crippen MR) is 131 cm³/mol. The molecule has 33 heavy (non-hydrogen) atoms. The average Bonchev–Trinajstić information content (AvgIpc) is 2.85. The van der Waals surface area contributed by atoms with Gasteiger partial charge in [-0.15, -0.1) is 0 Å². The molecule has 1 atom stereocenters. The Morgan fingerprint density at radius 2 is 1.73 bits per heavy atom. The topological polar surface area (TPSA) is 62.3 Å². The number of pyridine rings is 1. The molecule has 4 rings (SSSR count). The summed E-state index contributed by atoms with van der Waals surface area (Å²) in [6.07, 6.45) is 5.39. The normalized spacial score (nSPS) is 18.2. The highest BCUT2D eigenvalue weighted by molar-refractivity contribution is 5.94. The molecule has 0 bridgehead atoms. The number of likely N-dealkylation sites (tertiary alicyclic amines) is 1. The molecule has 1 aliphatic rings. The fourth-order valence-electron chi connectivity index (χ4n) is 4.64. The Morgan fingerprint density at radius 3 is 2.39 bits per heavy atom. The van der Waals surface area contributed by atoms with Gasteiger partial charge in [0.25, 0.3) is 5.91 Å². The Kier molecular flexibility index (Phi) is 6.87. The number of amides is 2. The van der Waals surface area contributed by atoms with Gasteiger partial charge in [-0.05, 0) is 61.9 Å². The molecule has 0 spiro atoms. The highest BCUT2D eigenvalue weighted by Crippen LogP contribution is 2.35. The van der Waals surface area contributed by atoms with Gasteiger partial charge in [0.1, 0.15) is 0 Å². The van der Waals surface area contributed by atoms with Gasteiger partial charge in [-0.1, -0.05) is 54.6 Å². The SMILES string of the molecule is CC(C)NC(=O)[C@]1(Cc2ccc(-c3ccccc3)cc2)CCCN(C(=O)c2cccnc2)C1. The van der Waals surface area contributed by atoms with Gasteiger partial charge in [-0.25, -0.2) is 0 Å². The molecular formula is C28H31N3O2. The molecule has 2 heterocycles. The van der Waals surface area contributed by atoms with Crippen LogP contribution in [0.5, 0.6) is 0 Å². The summed E-state index contributed by atoms with van der Waals surface area (Å²) in [5.41, 5.74) is 3.32. The summed E-state index contributed by atoms with van der Waals surface area (Å²) in [5, 5.41) is 3.12. The van der Waals surface area contributed by atoms with Crippen LogP contribution in [0.2, 0.25) is 0 Å². The highest BCUT2D eigenvalue weighted by atomic mass is 16.2. The van der Waals surface area contributed by atoms with Gasteiger partial charge in [0.2, 0.25) is 5.91 Å². The smallest absolute Gasteiger partial charge is 0.255 e. The van der Waals surface area contributed by atoms with Gasteiger partial charge in [-0.2, -0.15) is 0 Å². The van der Waals surface area contributed by atoms with Gasteiger partial charge in [0.05, 0.1) is 11.0 Å². The molecule has 0 saturated carbocycles. The van der Waals surface area contributed by atoms with Gasteiger partial charge in [-0.3, -0.25) is 14.6 Å². The number of aromatic nitrogens is 1. The quantitative estimate of drug-likeness (QED) is 0.601. The molecule has 5 heteroatoms. The molecule has 1 aliphatic heterocycles. The van der Waals surface area contributed by atoms with Gasteiger partial charge in [0.15, 0.2) is 0 Å². The number of benzene rings is 2. The Labute approximate surface area is 195 Å². The number of hydrogen-bond acceptors (Lipinski definition) is 3. The van der Waals surface area contributed by atoms with Gasteiger partial charge in [0, 0.05) is 31.5 Å². The van der Waals surface area contributed by atoms with Crippen LogP contribution in [-0.2, 0) is 11.2 Å². The van der Waals surface area contributed by atoms with E-state index in [0.29, 0.717) is 25.1 Å². The molecule has 170 valence electrons. The van der Waals surface area contributed by atoms with Crippen molar-refractivity contribution in [3.63, 3.8) is 0 Å². The van der Waals surface area contributed by atoms with Crippen LogP contribution in [0, 0.1) is 5.41 Å². The van der Waals surface area contributed by atoms with Crippen molar-refractivity contribution in [2.75, 3.05) is 13.1 Å². The van der Waals surface area contributed by atoms with Crippen LogP contribution >= 0.6 is 0 Å². The standard InChI is InChI=1S/C28H31N3O2/c1-21(2)30-27(33)28(15-7-17-31(20-28)26(32)25-10-6-16-29-19-25)18-22-11-13-24(14-12-22)23-8-4-3-5-9-23/h3-6,8-14,16,19,21H,7,15,17-18,20H2,1-2H3,(H,30,33)/t28-/m0/s1. The third-order valence-corrected chi connectivity index (χ3v) is 6.28. The van der Waals surface area contributed by atoms with Crippen LogP contribution < -0.4 is 5.32 Å². The van der Waals surface area contributed by atoms with E-state index in [1.54, 1.807) is 24.5 Å². The van der Waals surface area contributed by atoms with Crippen LogP contribution in [-0.4, -0.2) is 40.8 Å². The van der Waals surface area contributed by atoms with Crippen molar-refractivity contribution in [1.29, 1.82) is 0 Å². The molecule has 5 nitrogen and oxygen atoms in total. The number of nitrogens with zero attached hydrogens (tertiary/aromatic N) is 2. The molecule has 3 aromatic rings. The minimum absolute atomic E-state index is 0.0216. The van der Waals surface area contributed by atoms with E-state index in [2.05, 4.69) is 46.7 Å². The number of rotatable bonds is 6. The van der Waals surface area contributed by atoms with Crippen LogP contribution in [0.1, 0.15) is 42.6 Å². The van der Waals surface area contributed by atoms with Gasteiger partial charge < -0.3 is 10.2 Å². The van der Waals surface area contributed by atoms with Crippen LogP contribution in [0.4, 0.5) is 0 Å². The van der Waals surface area contributed by atoms with Crippen molar-refractivity contribution in [2.24, 2.45) is 5.41 Å². The lowest BCUT2D eigenvalue weighted by molar-refractivity contribution is -0.134. The van der Waals surface area contributed by atoms with E-state index in [1.165, 1.54) is 5.56 Å². The Morgan fingerprint density at radius 1 is 1.00 bits per heavy atom. The molecule has 0 unspecified atom stereocenters. The maximum absolute atomic E-state index is 13.5. The molecule has 1 aromatic heterocycles. The summed E-state index contributed by atoms with van der Waals surface area (Å²) in [6.45, 7) is 5.00. The van der Waals surface area contributed by atoms with E-state index in [4.69, 9.17) is 0 Å². The van der Waals surface area contributed by atoms with E-state index in [9.17, 15) is 9.59 Å². The Bertz CT molecular complexity index is 1080.